The van der Waals surface area contributed by atoms with E-state index in [4.69, 9.17) is 61.8 Å². The fraction of sp³-hybridized carbons (Fsp3) is 0.583. The lowest BCUT2D eigenvalue weighted by molar-refractivity contribution is -0.0629. The molecule has 0 aliphatic heterocycles. The van der Waals surface area contributed by atoms with E-state index in [2.05, 4.69) is 76.8 Å². The maximum Gasteiger partial charge on any atom is 0.191 e. The van der Waals surface area contributed by atoms with Gasteiger partial charge in [0.05, 0.1) is 97.9 Å². The zero-order valence-electron chi connectivity index (χ0n) is 88.8. The van der Waals surface area contributed by atoms with Gasteiger partial charge in [0.1, 0.15) is 54.1 Å². The van der Waals surface area contributed by atoms with Crippen LogP contribution in [0.5, 0.6) is 0 Å². The van der Waals surface area contributed by atoms with E-state index in [-0.39, 0.29) is 123 Å². The van der Waals surface area contributed by atoms with Crippen molar-refractivity contribution in [3.63, 3.8) is 0 Å². The molecule has 9 aromatic rings. The van der Waals surface area contributed by atoms with Crippen LogP contribution in [0.2, 0.25) is 0 Å². The van der Waals surface area contributed by atoms with Crippen molar-refractivity contribution in [1.82, 2.24) is 74.9 Å². The maximum atomic E-state index is 14.9. The molecule has 6 aromatic heterocycles. The second-order valence-corrected chi connectivity index (χ2v) is 27.5. The summed E-state index contributed by atoms with van der Waals surface area (Å²) in [5.41, 5.74) is -8.64. The highest BCUT2D eigenvalue weighted by Gasteiger charge is 2.49. The molecule has 30 nitrogen and oxygen atoms in total. The molecule has 6 heterocycles. The minimum absolute atomic E-state index is 0.0135. The van der Waals surface area contributed by atoms with Gasteiger partial charge in [-0.1, -0.05) is 108 Å². The number of hydrogen-bond donors (Lipinski definition) is 12. The summed E-state index contributed by atoms with van der Waals surface area (Å²) >= 11 is 1.77. The first-order valence-electron chi connectivity index (χ1n) is 48.9. The zero-order chi connectivity index (χ0) is 104. The number of anilines is 3. The quantitative estimate of drug-likeness (QED) is 0.0168. The number of aliphatic hydroxyl groups excluding tert-OH is 8. The maximum absolute atomic E-state index is 14.9. The third kappa shape index (κ3) is 17.5. The number of hydrogen-bond acceptors (Lipinski definition) is 30. The molecular weight excluding hydrogens is 1460 g/mol. The SMILES string of the molecule is [2H]c1c([2H])c([C@@]2([2H])[C@H](Nc3nc(SC([2H])([2H])C([2H])([2H])C)nc4c3nnn4[C@@H]3C[C@H](OC([2H])([2H])C([2H])([2H])O)[C@@H](O)[C@H]3O)C2([2H])[2H])c([2H])c(F)c1C.[2H]c1c([2H])c([C@@]2([2H])[C@H](Nc3nc(SC([2H])([2H])C([2H])([2H])C)nc4c3nnn4[C@@H]3C[C@H](OC([2H])([2H])CO)[C@@H](O)[C@H]3O)C2([2H])[2H])c([2H])c(F)c1C.[2H]c1c([2H])c([C@]2([2H])C[C@@]2([2H])Nc2nc(SCCC)nc3c2nnn3[C@@H]2C[C@H](OCCO)[C@@H](O)[C@H]2O)c([2H])c(F)c1C. The lowest BCUT2D eigenvalue weighted by Gasteiger charge is -2.17. The fourth-order valence-corrected chi connectivity index (χ4v) is 13.6. The molecule has 18 atom stereocenters. The van der Waals surface area contributed by atoms with E-state index in [9.17, 15) is 54.0 Å². The molecule has 6 aliphatic rings. The molecule has 36 heteroatoms. The number of benzene rings is 3. The largest absolute Gasteiger partial charge is 0.394 e. The summed E-state index contributed by atoms with van der Waals surface area (Å²) in [7, 11) is 0. The average molecular weight is 1590 g/mol. The molecule has 0 unspecified atom stereocenters. The van der Waals surface area contributed by atoms with Crippen molar-refractivity contribution in [2.24, 2.45) is 0 Å². The van der Waals surface area contributed by atoms with Crippen LogP contribution in [0.4, 0.5) is 30.6 Å². The van der Waals surface area contributed by atoms with Gasteiger partial charge in [0.2, 0.25) is 0 Å². The Balaban J connectivity index is 0.000000177. The third-order valence-electron chi connectivity index (χ3n) is 17.6. The summed E-state index contributed by atoms with van der Waals surface area (Å²) in [6, 6.07) is -14.7. The molecule has 6 aliphatic carbocycles. The number of rotatable bonds is 30. The first-order valence-corrected chi connectivity index (χ1v) is 36.0. The van der Waals surface area contributed by atoms with E-state index in [1.165, 1.54) is 37.2 Å². The Morgan fingerprint density at radius 3 is 1.29 bits per heavy atom. The fourth-order valence-electron chi connectivity index (χ4n) is 12.0. The zero-order valence-corrected chi connectivity index (χ0v) is 60.2. The minimum atomic E-state index is -3.51. The highest BCUT2D eigenvalue weighted by atomic mass is 32.2. The molecule has 0 radical (unpaired) electrons. The average Bonchev–Trinajstić information content (AvgIpc) is 1.52. The monoisotopic (exact) mass is 1590 g/mol. The summed E-state index contributed by atoms with van der Waals surface area (Å²) in [6.07, 6.45) is -23.3. The van der Waals surface area contributed by atoms with Crippen LogP contribution >= 0.6 is 35.3 Å². The van der Waals surface area contributed by atoms with Crippen molar-refractivity contribution in [3.8, 4) is 0 Å². The summed E-state index contributed by atoms with van der Waals surface area (Å²) in [6.45, 7) is -3.15. The summed E-state index contributed by atoms with van der Waals surface area (Å²) in [5.74, 6) is -10.4. The third-order valence-corrected chi connectivity index (χ3v) is 20.0. The van der Waals surface area contributed by atoms with E-state index >= 15 is 0 Å². The Bertz CT molecular complexity index is 6170. The van der Waals surface area contributed by atoms with E-state index in [1.54, 1.807) is 0 Å². The standard InChI is InChI=1S/3C24H31FN6O4S/c3*1-3-8-36-24-27-22(26-16-10-14(16)13-5-4-12(2)15(25)9-13)19-23(28-24)31(30-29-19)17-11-18(35-7-6-32)21(34)20(17)33/h3*4-5,9,14,16-18,20-21,32-34H,3,6-8,10-11H2,1-2H3,(H,26,27,28)/t3*14-,16+,17+,18-,20-,21+/m000/s1/i3D2,4D,5D,6D2,7D2,8D2,9D,10D2,14D;3D2,4D,5D,7D2,8D2,9D,10D2,14D;4D,5D,9D,14D,16D. The number of aromatic nitrogens is 15. The number of halogens is 3. The van der Waals surface area contributed by atoms with Gasteiger partial charge in [-0.3, -0.25) is 0 Å². The van der Waals surface area contributed by atoms with Gasteiger partial charge in [-0.25, -0.2) is 57.1 Å². The Kier molecular flexibility index (Phi) is 15.8. The van der Waals surface area contributed by atoms with Gasteiger partial charge < -0.3 is 76.1 Å². The first-order chi connectivity index (χ1) is 63.9. The highest BCUT2D eigenvalue weighted by Crippen LogP contribution is 2.48. The van der Waals surface area contributed by atoms with Crippen LogP contribution in [-0.4, -0.2) is 251 Å². The number of fused-ring (bicyclic) bond motifs is 3. The molecule has 0 amide bonds. The summed E-state index contributed by atoms with van der Waals surface area (Å²) < 4.78 is 317. The molecule has 6 fully saturated rings. The van der Waals surface area contributed by atoms with Crippen molar-refractivity contribution in [2.45, 2.75) is 223 Å². The van der Waals surface area contributed by atoms with Crippen molar-refractivity contribution < 1.29 is 116 Å². The molecule has 108 heavy (non-hydrogen) atoms. The van der Waals surface area contributed by atoms with Crippen LogP contribution in [-0.2, 0) is 14.2 Å². The van der Waals surface area contributed by atoms with Gasteiger partial charge in [-0.15, -0.1) is 15.3 Å². The smallest absolute Gasteiger partial charge is 0.191 e. The summed E-state index contributed by atoms with van der Waals surface area (Å²) in [5, 5.41) is 124. The van der Waals surface area contributed by atoms with E-state index in [1.807, 2.05) is 6.92 Å². The van der Waals surface area contributed by atoms with Crippen LogP contribution < -0.4 is 16.0 Å². The Hall–Kier alpha value is -7.14. The molecule has 0 bridgehead atoms. The van der Waals surface area contributed by atoms with Gasteiger partial charge in [-0.2, -0.15) is 0 Å². The predicted molar refractivity (Wildman–Crippen MR) is 398 cm³/mol. The van der Waals surface area contributed by atoms with Crippen molar-refractivity contribution in [2.75, 3.05) is 72.6 Å². The molecule has 3 aromatic carbocycles. The van der Waals surface area contributed by atoms with Gasteiger partial charge in [0.25, 0.3) is 0 Å². The molecular formula is C72H93F3N18O12S3. The van der Waals surface area contributed by atoms with Gasteiger partial charge in [0, 0.05) is 92.8 Å². The molecule has 12 N–H and O–H groups in total. The van der Waals surface area contributed by atoms with Crippen molar-refractivity contribution in [3.05, 3.63) is 105 Å². The topological polar surface area (TPSA) is 415 Å². The van der Waals surface area contributed by atoms with Gasteiger partial charge >= 0.3 is 0 Å². The normalized spacial score (nSPS) is 36.4. The van der Waals surface area contributed by atoms with Crippen LogP contribution in [0.1, 0.15) is 190 Å². The number of nitrogens with one attached hydrogen (secondary N) is 3. The van der Waals surface area contributed by atoms with E-state index in [0.717, 1.165) is 29.6 Å². The molecule has 0 saturated heterocycles. The lowest BCUT2D eigenvalue weighted by atomic mass is 10.1. The van der Waals surface area contributed by atoms with Gasteiger partial charge in [-0.05, 0) is 111 Å². The number of thioether (sulfide) groups is 3. The number of aliphatic hydroxyl groups is 9. The highest BCUT2D eigenvalue weighted by molar-refractivity contribution is 7.99. The lowest BCUT2D eigenvalue weighted by Crippen LogP contribution is -2.33. The molecule has 0 spiro atoms. The van der Waals surface area contributed by atoms with Crippen LogP contribution in [0.15, 0.2) is 69.9 Å². The molecule has 6 saturated carbocycles. The van der Waals surface area contributed by atoms with Crippen LogP contribution in [0.25, 0.3) is 33.5 Å². The Morgan fingerprint density at radius 1 is 0.509 bits per heavy atom. The first kappa shape index (κ1) is 48.6. The minimum Gasteiger partial charge on any atom is -0.394 e. The van der Waals surface area contributed by atoms with Gasteiger partial charge in [0.15, 0.2) is 66.4 Å². The predicted octanol–water partition coefficient (Wildman–Crippen LogP) is 6.55. The Morgan fingerprint density at radius 2 is 0.898 bits per heavy atom. The van der Waals surface area contributed by atoms with Crippen molar-refractivity contribution >= 4 is 86.2 Å². The second-order valence-electron chi connectivity index (χ2n) is 24.9. The van der Waals surface area contributed by atoms with Crippen LogP contribution in [0, 0.1) is 38.2 Å². The molecule has 15 rings (SSSR count). The number of nitrogens with zero attached hydrogens (tertiary/aromatic N) is 15. The molecule has 582 valence electrons. The summed E-state index contributed by atoms with van der Waals surface area (Å²) in [4.78, 5) is 25.9. The number of ether oxygens (including phenoxy) is 3. The van der Waals surface area contributed by atoms with E-state index in [0.29, 0.717) is 10.9 Å². The van der Waals surface area contributed by atoms with Crippen LogP contribution in [0.3, 0.4) is 0 Å². The Labute approximate surface area is 676 Å². The van der Waals surface area contributed by atoms with Crippen molar-refractivity contribution in [1.29, 1.82) is 0 Å². The second kappa shape index (κ2) is 35.1. The van der Waals surface area contributed by atoms with E-state index < -0.39 is 278 Å².